The summed E-state index contributed by atoms with van der Waals surface area (Å²) in [7, 11) is 0. The Labute approximate surface area is 112 Å². The molecule has 0 aliphatic heterocycles. The van der Waals surface area contributed by atoms with Gasteiger partial charge in [-0.3, -0.25) is 0 Å². The van der Waals surface area contributed by atoms with Crippen molar-refractivity contribution in [1.82, 2.24) is 10.6 Å². The number of aliphatic carboxylic acids is 1. The van der Waals surface area contributed by atoms with Crippen LogP contribution in [0.15, 0.2) is 0 Å². The van der Waals surface area contributed by atoms with Crippen LogP contribution in [0, 0.1) is 5.41 Å². The molecule has 0 saturated heterocycles. The average Bonchev–Trinajstić information content (AvgIpc) is 3.12. The number of carbonyl (C=O) groups excluding carboxylic acids is 1. The minimum Gasteiger partial charge on any atom is -0.480 e. The minimum absolute atomic E-state index is 0.273. The maximum atomic E-state index is 11.6. The van der Waals surface area contributed by atoms with E-state index in [1.807, 2.05) is 6.26 Å². The molecule has 1 fully saturated rings. The molecule has 18 heavy (non-hydrogen) atoms. The lowest BCUT2D eigenvalue weighted by molar-refractivity contribution is -0.139. The van der Waals surface area contributed by atoms with Gasteiger partial charge in [-0.15, -0.1) is 0 Å². The van der Waals surface area contributed by atoms with Gasteiger partial charge in [-0.1, -0.05) is 6.92 Å². The van der Waals surface area contributed by atoms with Gasteiger partial charge in [0.2, 0.25) is 0 Å². The number of carboxylic acid groups (broad SMARTS) is 1. The first-order valence-corrected chi connectivity index (χ1v) is 7.68. The molecule has 1 aliphatic rings. The maximum Gasteiger partial charge on any atom is 0.326 e. The quantitative estimate of drug-likeness (QED) is 0.629. The summed E-state index contributed by atoms with van der Waals surface area (Å²) in [4.78, 5) is 22.6. The predicted octanol–water partition coefficient (Wildman–Crippen LogP) is 1.68. The molecule has 0 aromatic rings. The van der Waals surface area contributed by atoms with Gasteiger partial charge in [-0.2, -0.15) is 11.8 Å². The van der Waals surface area contributed by atoms with E-state index in [1.165, 1.54) is 0 Å². The molecule has 0 heterocycles. The highest BCUT2D eigenvalue weighted by Crippen LogP contribution is 2.47. The zero-order chi connectivity index (χ0) is 13.6. The second-order valence-corrected chi connectivity index (χ2v) is 5.84. The van der Waals surface area contributed by atoms with Crippen molar-refractivity contribution in [3.8, 4) is 0 Å². The number of rotatable bonds is 8. The highest BCUT2D eigenvalue weighted by molar-refractivity contribution is 7.98. The molecule has 104 valence electrons. The Bertz CT molecular complexity index is 306. The van der Waals surface area contributed by atoms with Gasteiger partial charge >= 0.3 is 12.0 Å². The van der Waals surface area contributed by atoms with E-state index in [0.717, 1.165) is 25.0 Å². The third-order valence-corrected chi connectivity index (χ3v) is 4.19. The Morgan fingerprint density at radius 2 is 2.11 bits per heavy atom. The first-order chi connectivity index (χ1) is 8.53. The third-order valence-electron chi connectivity index (χ3n) is 3.55. The summed E-state index contributed by atoms with van der Waals surface area (Å²) >= 11 is 1.57. The third kappa shape index (κ3) is 4.76. The Morgan fingerprint density at radius 1 is 1.44 bits per heavy atom. The Kier molecular flexibility index (Phi) is 5.78. The molecular formula is C12H22N2O3S. The summed E-state index contributed by atoms with van der Waals surface area (Å²) in [6.07, 6.45) is 5.72. The van der Waals surface area contributed by atoms with Crippen molar-refractivity contribution in [1.29, 1.82) is 0 Å². The van der Waals surface area contributed by atoms with E-state index < -0.39 is 12.0 Å². The Morgan fingerprint density at radius 3 is 2.56 bits per heavy atom. The van der Waals surface area contributed by atoms with E-state index in [9.17, 15) is 9.59 Å². The molecule has 0 radical (unpaired) electrons. The summed E-state index contributed by atoms with van der Waals surface area (Å²) in [5.74, 6) is -0.258. The van der Waals surface area contributed by atoms with Crippen LogP contribution >= 0.6 is 11.8 Å². The van der Waals surface area contributed by atoms with Gasteiger partial charge in [0.05, 0.1) is 0 Å². The lowest BCUT2D eigenvalue weighted by Gasteiger charge is -2.17. The van der Waals surface area contributed by atoms with Crippen molar-refractivity contribution >= 4 is 23.8 Å². The van der Waals surface area contributed by atoms with Crippen LogP contribution < -0.4 is 10.6 Å². The van der Waals surface area contributed by atoms with Crippen LogP contribution in [-0.4, -0.2) is 41.7 Å². The molecule has 0 spiro atoms. The first-order valence-electron chi connectivity index (χ1n) is 6.29. The van der Waals surface area contributed by atoms with Crippen molar-refractivity contribution in [3.05, 3.63) is 0 Å². The number of carboxylic acids is 1. The molecule has 2 amide bonds. The number of hydrogen-bond acceptors (Lipinski definition) is 3. The average molecular weight is 274 g/mol. The van der Waals surface area contributed by atoms with E-state index in [1.54, 1.807) is 11.8 Å². The number of urea groups is 1. The highest BCUT2D eigenvalue weighted by atomic mass is 32.2. The van der Waals surface area contributed by atoms with E-state index in [-0.39, 0.29) is 11.4 Å². The van der Waals surface area contributed by atoms with Crippen molar-refractivity contribution in [2.75, 3.05) is 18.6 Å². The standard InChI is InChI=1S/C12H22N2O3S/c1-3-12(5-6-12)8-13-11(17)14-9(10(15)16)4-7-18-2/h9H,3-8H2,1-2H3,(H,15,16)(H2,13,14,17)/t9-/m0/s1. The molecule has 0 aromatic heterocycles. The van der Waals surface area contributed by atoms with Gasteiger partial charge in [0.15, 0.2) is 0 Å². The number of hydrogen-bond donors (Lipinski definition) is 3. The van der Waals surface area contributed by atoms with Crippen LogP contribution in [0.4, 0.5) is 4.79 Å². The normalized spacial score (nSPS) is 17.9. The zero-order valence-electron chi connectivity index (χ0n) is 11.0. The molecule has 6 heteroatoms. The monoisotopic (exact) mass is 274 g/mol. The van der Waals surface area contributed by atoms with Crippen LogP contribution in [0.2, 0.25) is 0 Å². The van der Waals surface area contributed by atoms with Crippen molar-refractivity contribution < 1.29 is 14.7 Å². The molecule has 5 nitrogen and oxygen atoms in total. The second-order valence-electron chi connectivity index (χ2n) is 4.85. The second kappa shape index (κ2) is 6.87. The van der Waals surface area contributed by atoms with Crippen LogP contribution in [0.5, 0.6) is 0 Å². The Balaban J connectivity index is 2.29. The molecule has 0 aromatic carbocycles. The summed E-state index contributed by atoms with van der Waals surface area (Å²) in [6, 6.07) is -1.17. The summed E-state index contributed by atoms with van der Waals surface area (Å²) in [5.41, 5.74) is 0.273. The highest BCUT2D eigenvalue weighted by Gasteiger charge is 2.40. The molecular weight excluding hydrogens is 252 g/mol. The molecule has 3 N–H and O–H groups in total. The Hall–Kier alpha value is -0.910. The minimum atomic E-state index is -0.976. The lowest BCUT2D eigenvalue weighted by Crippen LogP contribution is -2.47. The fourth-order valence-corrected chi connectivity index (χ4v) is 2.27. The maximum absolute atomic E-state index is 11.6. The zero-order valence-corrected chi connectivity index (χ0v) is 11.8. The van der Waals surface area contributed by atoms with E-state index >= 15 is 0 Å². The largest absolute Gasteiger partial charge is 0.480 e. The van der Waals surface area contributed by atoms with Crippen LogP contribution in [0.25, 0.3) is 0 Å². The van der Waals surface area contributed by atoms with Gasteiger partial charge in [0.25, 0.3) is 0 Å². The number of carbonyl (C=O) groups is 2. The van der Waals surface area contributed by atoms with Gasteiger partial charge in [-0.05, 0) is 43.1 Å². The molecule has 0 bridgehead atoms. The summed E-state index contributed by atoms with van der Waals surface area (Å²) in [5, 5.41) is 14.3. The molecule has 1 rings (SSSR count). The van der Waals surface area contributed by atoms with Crippen LogP contribution in [0.3, 0.4) is 0 Å². The number of amides is 2. The molecule has 0 unspecified atom stereocenters. The smallest absolute Gasteiger partial charge is 0.326 e. The SMILES string of the molecule is CCC1(CNC(=O)N[C@@H](CCSC)C(=O)O)CC1. The number of nitrogens with one attached hydrogen (secondary N) is 2. The van der Waals surface area contributed by atoms with Crippen LogP contribution in [-0.2, 0) is 4.79 Å². The lowest BCUT2D eigenvalue weighted by atomic mass is 10.0. The fraction of sp³-hybridized carbons (Fsp3) is 0.833. The molecule has 1 aliphatic carbocycles. The van der Waals surface area contributed by atoms with Crippen molar-refractivity contribution in [3.63, 3.8) is 0 Å². The first kappa shape index (κ1) is 15.1. The summed E-state index contributed by atoms with van der Waals surface area (Å²) < 4.78 is 0. The number of thioether (sulfide) groups is 1. The van der Waals surface area contributed by atoms with Crippen LogP contribution in [0.1, 0.15) is 32.6 Å². The fourth-order valence-electron chi connectivity index (χ4n) is 1.80. The molecule has 1 saturated carbocycles. The van der Waals surface area contributed by atoms with Crippen molar-refractivity contribution in [2.24, 2.45) is 5.41 Å². The predicted molar refractivity (Wildman–Crippen MR) is 72.9 cm³/mol. The van der Waals surface area contributed by atoms with Gasteiger partial charge in [0.1, 0.15) is 6.04 Å². The van der Waals surface area contributed by atoms with E-state index in [4.69, 9.17) is 5.11 Å². The van der Waals surface area contributed by atoms with E-state index in [0.29, 0.717) is 13.0 Å². The molecule has 1 atom stereocenters. The van der Waals surface area contributed by atoms with Crippen molar-refractivity contribution in [2.45, 2.75) is 38.6 Å². The topological polar surface area (TPSA) is 78.4 Å². The van der Waals surface area contributed by atoms with E-state index in [2.05, 4.69) is 17.6 Å². The summed E-state index contributed by atoms with van der Waals surface area (Å²) in [6.45, 7) is 2.76. The van der Waals surface area contributed by atoms with Gasteiger partial charge < -0.3 is 15.7 Å². The van der Waals surface area contributed by atoms with Gasteiger partial charge in [-0.25, -0.2) is 9.59 Å². The van der Waals surface area contributed by atoms with Gasteiger partial charge in [0, 0.05) is 6.54 Å².